The highest BCUT2D eigenvalue weighted by atomic mass is 16.3. The van der Waals surface area contributed by atoms with E-state index in [1.807, 2.05) is 18.7 Å². The van der Waals surface area contributed by atoms with Crippen LogP contribution in [0.1, 0.15) is 73.2 Å². The zero-order valence-corrected chi connectivity index (χ0v) is 17.1. The fourth-order valence-corrected chi connectivity index (χ4v) is 5.56. The molecule has 1 N–H and O–H groups in total. The Morgan fingerprint density at radius 1 is 0.900 bits per heavy atom. The topological polar surface area (TPSA) is 50.4 Å². The normalized spacial score (nSPS) is 23.1. The molecule has 2 fully saturated rings. The molecule has 0 aliphatic heterocycles. The average molecular weight is 398 g/mol. The van der Waals surface area contributed by atoms with E-state index in [0.717, 1.165) is 42.3 Å². The van der Waals surface area contributed by atoms with Gasteiger partial charge in [-0.05, 0) is 85.6 Å². The molecule has 6 rings (SSSR count). The Labute approximate surface area is 176 Å². The maximum Gasteiger partial charge on any atom is 0.0992 e. The summed E-state index contributed by atoms with van der Waals surface area (Å²) in [7, 11) is 0. The van der Waals surface area contributed by atoms with E-state index in [-0.39, 0.29) is 0 Å². The standard InChI is InChI=1S/C26H27N3O/c30-26(25-21(18-5-6-18)12-14-29-16-27-15-24(25)29)19-9-7-17(8-10-19)20-11-13-28-23-4-2-1-3-22(20)23/h1-4,11-19,26,30H,5-10H2/t17?,19?,26-/m1/s1. The number of para-hydroxylation sites is 1. The van der Waals surface area contributed by atoms with Crippen LogP contribution in [0, 0.1) is 5.92 Å². The second-order valence-electron chi connectivity index (χ2n) is 9.12. The lowest BCUT2D eigenvalue weighted by molar-refractivity contribution is 0.0811. The molecule has 0 saturated heterocycles. The lowest BCUT2D eigenvalue weighted by Gasteiger charge is -2.33. The SMILES string of the molecule is O[C@@H](c1c(C2CC2)ccn2cncc12)C1CCC(c2ccnc3ccccc23)CC1. The molecule has 4 heteroatoms. The second-order valence-corrected chi connectivity index (χ2v) is 9.12. The van der Waals surface area contributed by atoms with Crippen molar-refractivity contribution in [2.45, 2.75) is 56.5 Å². The van der Waals surface area contributed by atoms with Gasteiger partial charge in [0.1, 0.15) is 0 Å². The van der Waals surface area contributed by atoms with Gasteiger partial charge in [-0.3, -0.25) is 4.98 Å². The molecule has 30 heavy (non-hydrogen) atoms. The van der Waals surface area contributed by atoms with Crippen LogP contribution in [-0.4, -0.2) is 19.5 Å². The average Bonchev–Trinajstić information content (AvgIpc) is 3.54. The summed E-state index contributed by atoms with van der Waals surface area (Å²) in [5.41, 5.74) is 6.06. The third kappa shape index (κ3) is 3.02. The van der Waals surface area contributed by atoms with Crippen molar-refractivity contribution >= 4 is 16.4 Å². The minimum atomic E-state index is -0.406. The van der Waals surface area contributed by atoms with Gasteiger partial charge in [-0.2, -0.15) is 0 Å². The third-order valence-electron chi connectivity index (χ3n) is 7.32. The molecule has 2 aliphatic rings. The van der Waals surface area contributed by atoms with Crippen molar-refractivity contribution in [2.75, 3.05) is 0 Å². The van der Waals surface area contributed by atoms with Crippen molar-refractivity contribution in [1.82, 2.24) is 14.4 Å². The van der Waals surface area contributed by atoms with Crippen LogP contribution >= 0.6 is 0 Å². The van der Waals surface area contributed by atoms with Crippen LogP contribution in [0.4, 0.5) is 0 Å². The summed E-state index contributed by atoms with van der Waals surface area (Å²) in [6.07, 6.45) is 14.2. The van der Waals surface area contributed by atoms with Gasteiger partial charge in [0.05, 0.1) is 29.7 Å². The maximum absolute atomic E-state index is 11.5. The van der Waals surface area contributed by atoms with Crippen molar-refractivity contribution in [2.24, 2.45) is 5.92 Å². The van der Waals surface area contributed by atoms with Crippen molar-refractivity contribution in [1.29, 1.82) is 0 Å². The zero-order chi connectivity index (χ0) is 20.1. The molecule has 0 radical (unpaired) electrons. The molecule has 0 amide bonds. The van der Waals surface area contributed by atoms with Gasteiger partial charge in [0, 0.05) is 23.3 Å². The van der Waals surface area contributed by atoms with Gasteiger partial charge in [-0.15, -0.1) is 0 Å². The second kappa shape index (κ2) is 7.21. The van der Waals surface area contributed by atoms with E-state index in [1.165, 1.54) is 29.4 Å². The van der Waals surface area contributed by atoms with Crippen LogP contribution in [0.5, 0.6) is 0 Å². The van der Waals surface area contributed by atoms with E-state index < -0.39 is 6.10 Å². The third-order valence-corrected chi connectivity index (χ3v) is 7.32. The molecule has 1 aromatic carbocycles. The predicted octanol–water partition coefficient (Wildman–Crippen LogP) is 5.77. The molecule has 3 aromatic heterocycles. The number of benzene rings is 1. The minimum Gasteiger partial charge on any atom is -0.388 e. The van der Waals surface area contributed by atoms with E-state index >= 15 is 0 Å². The van der Waals surface area contributed by atoms with Gasteiger partial charge >= 0.3 is 0 Å². The number of aliphatic hydroxyl groups excluding tert-OH is 1. The molecular weight excluding hydrogens is 370 g/mol. The summed E-state index contributed by atoms with van der Waals surface area (Å²) < 4.78 is 2.05. The zero-order valence-electron chi connectivity index (χ0n) is 17.1. The Kier molecular flexibility index (Phi) is 4.34. The van der Waals surface area contributed by atoms with E-state index in [4.69, 9.17) is 0 Å². The molecule has 152 valence electrons. The molecule has 4 aromatic rings. The smallest absolute Gasteiger partial charge is 0.0992 e. The Morgan fingerprint density at radius 3 is 2.50 bits per heavy atom. The minimum absolute atomic E-state index is 0.313. The van der Waals surface area contributed by atoms with Crippen molar-refractivity contribution in [3.63, 3.8) is 0 Å². The number of pyridine rings is 2. The number of fused-ring (bicyclic) bond motifs is 2. The largest absolute Gasteiger partial charge is 0.388 e. The van der Waals surface area contributed by atoms with Gasteiger partial charge in [0.15, 0.2) is 0 Å². The van der Waals surface area contributed by atoms with E-state index in [9.17, 15) is 5.11 Å². The first-order valence-corrected chi connectivity index (χ1v) is 11.3. The van der Waals surface area contributed by atoms with Crippen molar-refractivity contribution in [3.05, 3.63) is 78.0 Å². The Hall–Kier alpha value is -2.72. The van der Waals surface area contributed by atoms with Gasteiger partial charge in [0.2, 0.25) is 0 Å². The Morgan fingerprint density at radius 2 is 1.67 bits per heavy atom. The molecule has 0 unspecified atom stereocenters. The molecule has 3 heterocycles. The van der Waals surface area contributed by atoms with Crippen molar-refractivity contribution < 1.29 is 5.11 Å². The van der Waals surface area contributed by atoms with E-state index in [0.29, 0.717) is 17.8 Å². The summed E-state index contributed by atoms with van der Waals surface area (Å²) in [6, 6.07) is 12.9. The van der Waals surface area contributed by atoms with Crippen LogP contribution in [-0.2, 0) is 0 Å². The Balaban J connectivity index is 1.27. The van der Waals surface area contributed by atoms with Gasteiger partial charge in [0.25, 0.3) is 0 Å². The summed E-state index contributed by atoms with van der Waals surface area (Å²) in [5.74, 6) is 1.48. The van der Waals surface area contributed by atoms with Gasteiger partial charge in [-0.1, -0.05) is 18.2 Å². The summed E-state index contributed by atoms with van der Waals surface area (Å²) in [6.45, 7) is 0. The fourth-order valence-electron chi connectivity index (χ4n) is 5.56. The fraction of sp³-hybridized carbons (Fsp3) is 0.385. The van der Waals surface area contributed by atoms with Crippen LogP contribution in [0.2, 0.25) is 0 Å². The molecule has 4 nitrogen and oxygen atoms in total. The van der Waals surface area contributed by atoms with Gasteiger partial charge in [-0.25, -0.2) is 4.98 Å². The highest BCUT2D eigenvalue weighted by Crippen LogP contribution is 2.48. The molecule has 0 spiro atoms. The first-order valence-electron chi connectivity index (χ1n) is 11.3. The first-order chi connectivity index (χ1) is 14.8. The number of imidazole rings is 1. The lowest BCUT2D eigenvalue weighted by Crippen LogP contribution is -2.21. The summed E-state index contributed by atoms with van der Waals surface area (Å²) >= 11 is 0. The highest BCUT2D eigenvalue weighted by Gasteiger charge is 2.34. The molecular formula is C26H27N3O. The quantitative estimate of drug-likeness (QED) is 0.476. The first kappa shape index (κ1) is 18.1. The van der Waals surface area contributed by atoms with Crippen LogP contribution < -0.4 is 0 Å². The Bertz CT molecular complexity index is 1200. The summed E-state index contributed by atoms with van der Waals surface area (Å²) in [4.78, 5) is 8.86. The molecule has 0 bridgehead atoms. The lowest BCUT2D eigenvalue weighted by atomic mass is 9.74. The number of hydrogen-bond donors (Lipinski definition) is 1. The van der Waals surface area contributed by atoms with Crippen molar-refractivity contribution in [3.8, 4) is 0 Å². The number of aliphatic hydroxyl groups is 1. The van der Waals surface area contributed by atoms with E-state index in [2.05, 4.69) is 57.0 Å². The monoisotopic (exact) mass is 397 g/mol. The van der Waals surface area contributed by atoms with Gasteiger partial charge < -0.3 is 9.51 Å². The molecule has 2 aliphatic carbocycles. The number of rotatable bonds is 4. The van der Waals surface area contributed by atoms with Crippen LogP contribution in [0.15, 0.2) is 61.3 Å². The summed E-state index contributed by atoms with van der Waals surface area (Å²) in [5, 5.41) is 12.8. The highest BCUT2D eigenvalue weighted by molar-refractivity contribution is 5.82. The number of aromatic nitrogens is 3. The van der Waals surface area contributed by atoms with Crippen LogP contribution in [0.25, 0.3) is 16.4 Å². The predicted molar refractivity (Wildman–Crippen MR) is 119 cm³/mol. The van der Waals surface area contributed by atoms with Crippen LogP contribution in [0.3, 0.4) is 0 Å². The maximum atomic E-state index is 11.5. The number of hydrogen-bond acceptors (Lipinski definition) is 3. The molecule has 1 atom stereocenters. The molecule has 2 saturated carbocycles. The van der Waals surface area contributed by atoms with E-state index in [1.54, 1.807) is 0 Å². The number of nitrogens with zero attached hydrogens (tertiary/aromatic N) is 3.